The van der Waals surface area contributed by atoms with Gasteiger partial charge in [-0.25, -0.2) is 0 Å². The van der Waals surface area contributed by atoms with Crippen LogP contribution in [0, 0.1) is 25.2 Å². The first-order chi connectivity index (χ1) is 8.93. The number of rotatable bonds is 5. The lowest BCUT2D eigenvalue weighted by atomic mass is 10.1. The first-order valence-corrected chi connectivity index (χ1v) is 5.99. The van der Waals surface area contributed by atoms with Gasteiger partial charge in [-0.15, -0.1) is 0 Å². The van der Waals surface area contributed by atoms with Crippen LogP contribution in [0.15, 0.2) is 18.2 Å². The number of nitriles is 1. The normalized spacial score (nSPS) is 11.4. The van der Waals surface area contributed by atoms with Gasteiger partial charge in [-0.3, -0.25) is 9.59 Å². The van der Waals surface area contributed by atoms with E-state index in [2.05, 4.69) is 5.32 Å². The number of nitrogens with zero attached hydrogens (tertiary/aromatic N) is 1. The summed E-state index contributed by atoms with van der Waals surface area (Å²) in [6.07, 6.45) is 0.392. The van der Waals surface area contributed by atoms with Gasteiger partial charge < -0.3 is 11.1 Å². The number of primary amides is 1. The van der Waals surface area contributed by atoms with Gasteiger partial charge in [0, 0.05) is 12.0 Å². The van der Waals surface area contributed by atoms with Gasteiger partial charge in [-0.05, 0) is 32.4 Å². The molecule has 0 aliphatic carbocycles. The van der Waals surface area contributed by atoms with Gasteiger partial charge in [-0.1, -0.05) is 17.2 Å². The molecule has 0 aliphatic heterocycles. The molecule has 5 nitrogen and oxygen atoms in total. The number of benzene rings is 1. The Morgan fingerprint density at radius 1 is 1.32 bits per heavy atom. The van der Waals surface area contributed by atoms with Crippen molar-refractivity contribution in [2.75, 3.05) is 0 Å². The van der Waals surface area contributed by atoms with Crippen molar-refractivity contribution >= 4 is 11.8 Å². The van der Waals surface area contributed by atoms with Crippen molar-refractivity contribution in [2.45, 2.75) is 32.7 Å². The van der Waals surface area contributed by atoms with Gasteiger partial charge >= 0.3 is 0 Å². The second-order valence-electron chi connectivity index (χ2n) is 4.50. The molecule has 0 bridgehead atoms. The molecule has 2 amide bonds. The zero-order valence-electron chi connectivity index (χ0n) is 11.1. The van der Waals surface area contributed by atoms with Crippen LogP contribution in [-0.4, -0.2) is 17.9 Å². The molecule has 0 saturated heterocycles. The standard InChI is InChI=1S/C14H17N3O2/c1-9-6-10(2)8-11(7-9)14(19)17-12(13(16)18)4-3-5-15/h6-8,12H,3-4H2,1-2H3,(H2,16,18)(H,17,19)/t12-/m0/s1. The first-order valence-electron chi connectivity index (χ1n) is 5.99. The Hall–Kier alpha value is -2.35. The predicted octanol–water partition coefficient (Wildman–Crippen LogP) is 1.19. The molecule has 19 heavy (non-hydrogen) atoms. The van der Waals surface area contributed by atoms with Crippen LogP contribution < -0.4 is 11.1 Å². The zero-order valence-corrected chi connectivity index (χ0v) is 11.1. The molecule has 3 N–H and O–H groups in total. The molecule has 1 aromatic carbocycles. The third-order valence-electron chi connectivity index (χ3n) is 2.68. The zero-order chi connectivity index (χ0) is 14.4. The summed E-state index contributed by atoms with van der Waals surface area (Å²) in [5.74, 6) is -0.985. The monoisotopic (exact) mass is 259 g/mol. The van der Waals surface area contributed by atoms with E-state index in [1.807, 2.05) is 26.0 Å². The van der Waals surface area contributed by atoms with Crippen LogP contribution in [0.1, 0.15) is 34.3 Å². The van der Waals surface area contributed by atoms with Crippen molar-refractivity contribution in [2.24, 2.45) is 5.73 Å². The summed E-state index contributed by atoms with van der Waals surface area (Å²) in [4.78, 5) is 23.2. The van der Waals surface area contributed by atoms with Gasteiger partial charge in [0.25, 0.3) is 5.91 Å². The average molecular weight is 259 g/mol. The fourth-order valence-electron chi connectivity index (χ4n) is 1.84. The van der Waals surface area contributed by atoms with Crippen LogP contribution in [-0.2, 0) is 4.79 Å². The molecule has 0 aromatic heterocycles. The SMILES string of the molecule is Cc1cc(C)cc(C(=O)N[C@@H](CCC#N)C(N)=O)c1. The number of aryl methyl sites for hydroxylation is 2. The highest BCUT2D eigenvalue weighted by Crippen LogP contribution is 2.09. The molecule has 100 valence electrons. The fourth-order valence-corrected chi connectivity index (χ4v) is 1.84. The van der Waals surface area contributed by atoms with E-state index in [4.69, 9.17) is 11.0 Å². The number of carbonyl (C=O) groups excluding carboxylic acids is 2. The van der Waals surface area contributed by atoms with E-state index < -0.39 is 11.9 Å². The maximum absolute atomic E-state index is 12.0. The van der Waals surface area contributed by atoms with E-state index in [1.54, 1.807) is 12.1 Å². The van der Waals surface area contributed by atoms with Crippen molar-refractivity contribution in [1.29, 1.82) is 5.26 Å². The lowest BCUT2D eigenvalue weighted by Gasteiger charge is -2.14. The minimum atomic E-state index is -0.812. The Balaban J connectivity index is 2.82. The number of amides is 2. The van der Waals surface area contributed by atoms with Gasteiger partial charge in [0.2, 0.25) is 5.91 Å². The fraction of sp³-hybridized carbons (Fsp3) is 0.357. The molecule has 0 radical (unpaired) electrons. The highest BCUT2D eigenvalue weighted by Gasteiger charge is 2.18. The Bertz CT molecular complexity index is 512. The second kappa shape index (κ2) is 6.55. The largest absolute Gasteiger partial charge is 0.368 e. The van der Waals surface area contributed by atoms with E-state index in [0.29, 0.717) is 5.56 Å². The highest BCUT2D eigenvalue weighted by atomic mass is 16.2. The van der Waals surface area contributed by atoms with Crippen molar-refractivity contribution in [3.05, 3.63) is 34.9 Å². The van der Waals surface area contributed by atoms with Crippen molar-refractivity contribution in [3.8, 4) is 6.07 Å². The molecule has 1 rings (SSSR count). The van der Waals surface area contributed by atoms with Crippen LogP contribution in [0.4, 0.5) is 0 Å². The van der Waals surface area contributed by atoms with E-state index in [9.17, 15) is 9.59 Å². The average Bonchev–Trinajstić information content (AvgIpc) is 2.32. The van der Waals surface area contributed by atoms with Crippen molar-refractivity contribution in [3.63, 3.8) is 0 Å². The van der Waals surface area contributed by atoms with E-state index in [0.717, 1.165) is 11.1 Å². The Morgan fingerprint density at radius 3 is 2.37 bits per heavy atom. The lowest BCUT2D eigenvalue weighted by Crippen LogP contribution is -2.44. The summed E-state index contributed by atoms with van der Waals surface area (Å²) in [6, 6.07) is 6.55. The quantitative estimate of drug-likeness (QED) is 0.831. The third-order valence-corrected chi connectivity index (χ3v) is 2.68. The lowest BCUT2D eigenvalue weighted by molar-refractivity contribution is -0.119. The Kier molecular flexibility index (Phi) is 5.07. The topological polar surface area (TPSA) is 96.0 Å². The maximum atomic E-state index is 12.0. The first kappa shape index (κ1) is 14.7. The molecule has 0 spiro atoms. The molecular formula is C14H17N3O2. The molecule has 0 saturated carbocycles. The molecule has 1 atom stereocenters. The number of hydrogen-bond donors (Lipinski definition) is 2. The van der Waals surface area contributed by atoms with Gasteiger partial charge in [-0.2, -0.15) is 5.26 Å². The molecule has 0 unspecified atom stereocenters. The minimum Gasteiger partial charge on any atom is -0.368 e. The smallest absolute Gasteiger partial charge is 0.251 e. The van der Waals surface area contributed by atoms with Crippen molar-refractivity contribution < 1.29 is 9.59 Å². The van der Waals surface area contributed by atoms with Gasteiger partial charge in [0.05, 0.1) is 6.07 Å². The summed E-state index contributed by atoms with van der Waals surface area (Å²) in [7, 11) is 0. The number of carbonyl (C=O) groups is 2. The molecule has 1 aromatic rings. The van der Waals surface area contributed by atoms with Crippen LogP contribution in [0.3, 0.4) is 0 Å². The van der Waals surface area contributed by atoms with Crippen LogP contribution >= 0.6 is 0 Å². The molecule has 0 aliphatic rings. The molecule has 0 fully saturated rings. The molecule has 5 heteroatoms. The molecular weight excluding hydrogens is 242 g/mol. The Morgan fingerprint density at radius 2 is 1.89 bits per heavy atom. The van der Waals surface area contributed by atoms with Crippen LogP contribution in [0.5, 0.6) is 0 Å². The summed E-state index contributed by atoms with van der Waals surface area (Å²) < 4.78 is 0. The maximum Gasteiger partial charge on any atom is 0.251 e. The second-order valence-corrected chi connectivity index (χ2v) is 4.50. The van der Waals surface area contributed by atoms with E-state index >= 15 is 0 Å². The number of hydrogen-bond acceptors (Lipinski definition) is 3. The highest BCUT2D eigenvalue weighted by molar-refractivity contribution is 5.97. The van der Waals surface area contributed by atoms with Gasteiger partial charge in [0.15, 0.2) is 0 Å². The predicted molar refractivity (Wildman–Crippen MR) is 71.2 cm³/mol. The Labute approximate surface area is 112 Å². The minimum absolute atomic E-state index is 0.167. The number of nitrogens with two attached hydrogens (primary N) is 1. The summed E-state index contributed by atoms with van der Waals surface area (Å²) >= 11 is 0. The van der Waals surface area contributed by atoms with Crippen LogP contribution in [0.2, 0.25) is 0 Å². The van der Waals surface area contributed by atoms with Crippen molar-refractivity contribution in [1.82, 2.24) is 5.32 Å². The summed E-state index contributed by atoms with van der Waals surface area (Å²) in [6.45, 7) is 3.79. The van der Waals surface area contributed by atoms with Crippen LogP contribution in [0.25, 0.3) is 0 Å². The summed E-state index contributed by atoms with van der Waals surface area (Å²) in [5.41, 5.74) is 7.63. The third kappa shape index (κ3) is 4.43. The summed E-state index contributed by atoms with van der Waals surface area (Å²) in [5, 5.41) is 11.1. The van der Waals surface area contributed by atoms with Gasteiger partial charge in [0.1, 0.15) is 6.04 Å². The van der Waals surface area contributed by atoms with E-state index in [1.165, 1.54) is 0 Å². The van der Waals surface area contributed by atoms with E-state index in [-0.39, 0.29) is 18.7 Å². The number of nitrogens with one attached hydrogen (secondary N) is 1. The molecule has 0 heterocycles.